The number of hydrogen-bond acceptors (Lipinski definition) is 1. The molecule has 0 aliphatic carbocycles. The molecule has 0 aliphatic heterocycles. The highest BCUT2D eigenvalue weighted by Gasteiger charge is 2.19. The highest BCUT2D eigenvalue weighted by molar-refractivity contribution is 7.95. The lowest BCUT2D eigenvalue weighted by atomic mass is 9.85. The number of rotatable bonds is 5. The van der Waals surface area contributed by atoms with Gasteiger partial charge in [0.15, 0.2) is 4.90 Å². The number of nitrogens with zero attached hydrogens (tertiary/aromatic N) is 2. The third-order valence-corrected chi connectivity index (χ3v) is 10.9. The molecule has 49 heavy (non-hydrogen) atoms. The summed E-state index contributed by atoms with van der Waals surface area (Å²) in [5.74, 6) is 0. The van der Waals surface area contributed by atoms with Gasteiger partial charge in [-0.3, -0.25) is 9.13 Å². The number of hydrogen-bond donors (Lipinski definition) is 0. The van der Waals surface area contributed by atoms with Gasteiger partial charge in [0.05, 0.1) is 22.4 Å². The van der Waals surface area contributed by atoms with Gasteiger partial charge in [-0.05, 0) is 109 Å². The first kappa shape index (κ1) is 29.3. The van der Waals surface area contributed by atoms with Crippen molar-refractivity contribution in [2.75, 3.05) is 12.5 Å². The lowest BCUT2D eigenvalue weighted by Crippen LogP contribution is -2.22. The maximum Gasteiger partial charge on any atom is 0.338 e. The van der Waals surface area contributed by atoms with E-state index in [9.17, 15) is 4.79 Å². The summed E-state index contributed by atoms with van der Waals surface area (Å²) in [6, 6.07) is 57.7. The third kappa shape index (κ3) is 4.79. The quantitative estimate of drug-likeness (QED) is 0.135. The average molecular weight is 650 g/mol. The minimum Gasteiger partial charge on any atom is -0.260 e. The van der Waals surface area contributed by atoms with Crippen LogP contribution < -0.4 is 5.69 Å². The van der Waals surface area contributed by atoms with Gasteiger partial charge in [0.25, 0.3) is 0 Å². The van der Waals surface area contributed by atoms with Gasteiger partial charge in [-0.1, -0.05) is 109 Å². The Morgan fingerprint density at radius 2 is 0.857 bits per heavy atom. The fraction of sp³-hybridized carbons (Fsp3) is 0.0444. The Hall–Kier alpha value is -5.84. The highest BCUT2D eigenvalue weighted by Crippen LogP contribution is 2.44. The van der Waals surface area contributed by atoms with Crippen molar-refractivity contribution in [1.82, 2.24) is 9.13 Å². The molecule has 9 rings (SSSR count). The largest absolute Gasteiger partial charge is 0.338 e. The molecule has 0 unspecified atom stereocenters. The second-order valence-electron chi connectivity index (χ2n) is 12.7. The first-order valence-corrected chi connectivity index (χ1v) is 18.5. The van der Waals surface area contributed by atoms with E-state index in [0.717, 1.165) is 28.0 Å². The molecule has 0 spiro atoms. The van der Waals surface area contributed by atoms with Crippen LogP contribution >= 0.6 is 0 Å². The van der Waals surface area contributed by atoms with Gasteiger partial charge in [0.2, 0.25) is 0 Å². The SMILES string of the molecule is C[S+](C)c1ccc(-n2c(=O)n(-c3ccc(-c4c5ccccc5c(-c5ccc6ccccc6c5)c5ccccc45)cc3)c3ccccc32)cc1. The van der Waals surface area contributed by atoms with Crippen LogP contribution in [0.4, 0.5) is 0 Å². The third-order valence-electron chi connectivity index (χ3n) is 9.70. The number of aromatic nitrogens is 2. The molecule has 0 amide bonds. The Balaban J connectivity index is 1.21. The van der Waals surface area contributed by atoms with Gasteiger partial charge in [-0.15, -0.1) is 0 Å². The van der Waals surface area contributed by atoms with Gasteiger partial charge >= 0.3 is 5.69 Å². The predicted molar refractivity (Wildman–Crippen MR) is 210 cm³/mol. The first-order chi connectivity index (χ1) is 24.1. The van der Waals surface area contributed by atoms with Crippen molar-refractivity contribution in [3.05, 3.63) is 174 Å². The van der Waals surface area contributed by atoms with E-state index in [1.807, 2.05) is 33.4 Å². The molecule has 8 aromatic carbocycles. The Morgan fingerprint density at radius 3 is 1.39 bits per heavy atom. The van der Waals surface area contributed by atoms with E-state index < -0.39 is 0 Å². The van der Waals surface area contributed by atoms with E-state index in [1.54, 1.807) is 0 Å². The van der Waals surface area contributed by atoms with Crippen molar-refractivity contribution < 1.29 is 0 Å². The minimum absolute atomic E-state index is 0.0793. The highest BCUT2D eigenvalue weighted by atomic mass is 32.2. The van der Waals surface area contributed by atoms with Crippen LogP contribution in [0.15, 0.2) is 173 Å². The minimum atomic E-state index is -0.0793. The lowest BCUT2D eigenvalue weighted by molar-refractivity contribution is 0.929. The van der Waals surface area contributed by atoms with Crippen LogP contribution in [-0.4, -0.2) is 21.6 Å². The summed E-state index contributed by atoms with van der Waals surface area (Å²) in [7, 11) is 0.154. The summed E-state index contributed by atoms with van der Waals surface area (Å²) in [4.78, 5) is 15.5. The van der Waals surface area contributed by atoms with Crippen LogP contribution in [0.25, 0.3) is 77.0 Å². The number of benzene rings is 8. The molecular formula is C45H33N2OS+. The van der Waals surface area contributed by atoms with E-state index in [-0.39, 0.29) is 16.6 Å². The fourth-order valence-electron chi connectivity index (χ4n) is 7.39. The second kappa shape index (κ2) is 11.7. The van der Waals surface area contributed by atoms with E-state index >= 15 is 0 Å². The molecule has 0 atom stereocenters. The molecule has 0 saturated carbocycles. The van der Waals surface area contributed by atoms with Crippen molar-refractivity contribution in [2.45, 2.75) is 4.90 Å². The Morgan fingerprint density at radius 1 is 0.429 bits per heavy atom. The summed E-state index contributed by atoms with van der Waals surface area (Å²) in [6.45, 7) is 0. The van der Waals surface area contributed by atoms with Gasteiger partial charge in [-0.2, -0.15) is 0 Å². The van der Waals surface area contributed by atoms with Crippen LogP contribution in [0.2, 0.25) is 0 Å². The number of imidazole rings is 1. The zero-order valence-corrected chi connectivity index (χ0v) is 28.1. The van der Waals surface area contributed by atoms with E-state index in [0.29, 0.717) is 0 Å². The monoisotopic (exact) mass is 649 g/mol. The molecule has 0 radical (unpaired) electrons. The molecule has 0 aliphatic rings. The lowest BCUT2D eigenvalue weighted by Gasteiger charge is -2.18. The van der Waals surface area contributed by atoms with Crippen molar-refractivity contribution >= 4 is 54.2 Å². The average Bonchev–Trinajstić information content (AvgIpc) is 3.45. The smallest absolute Gasteiger partial charge is 0.260 e. The summed E-state index contributed by atoms with van der Waals surface area (Å²) >= 11 is 0. The van der Waals surface area contributed by atoms with Crippen LogP contribution in [-0.2, 0) is 10.9 Å². The van der Waals surface area contributed by atoms with E-state index in [2.05, 4.69) is 152 Å². The molecule has 1 aromatic heterocycles. The standard InChI is InChI=1S/C45H33N2OS/c1-49(2)36-27-25-35(26-28-36)47-42-18-10-9-17-41(42)46(45(47)48)34-23-21-31(22-24-34)43-37-13-5-7-15-39(37)44(40-16-8-6-14-38(40)43)33-20-19-30-11-3-4-12-32(30)29-33/h3-29H,1-2H3/q+1. The van der Waals surface area contributed by atoms with Gasteiger partial charge in [0, 0.05) is 10.9 Å². The molecule has 0 fully saturated rings. The van der Waals surface area contributed by atoms with Crippen LogP contribution in [0, 0.1) is 0 Å². The van der Waals surface area contributed by atoms with Crippen LogP contribution in [0.1, 0.15) is 0 Å². The van der Waals surface area contributed by atoms with E-state index in [4.69, 9.17) is 0 Å². The zero-order valence-electron chi connectivity index (χ0n) is 27.3. The maximum absolute atomic E-state index is 14.2. The Bertz CT molecular complexity index is 2700. The van der Waals surface area contributed by atoms with Gasteiger partial charge in [-0.25, -0.2) is 4.79 Å². The molecule has 9 aromatic rings. The topological polar surface area (TPSA) is 26.9 Å². The predicted octanol–water partition coefficient (Wildman–Crippen LogP) is 10.8. The summed E-state index contributed by atoms with van der Waals surface area (Å²) in [5, 5.41) is 7.32. The first-order valence-electron chi connectivity index (χ1n) is 16.5. The molecule has 0 bridgehead atoms. The summed E-state index contributed by atoms with van der Waals surface area (Å²) in [6.07, 6.45) is 4.42. The summed E-state index contributed by atoms with van der Waals surface area (Å²) < 4.78 is 3.65. The Labute approximate surface area is 287 Å². The van der Waals surface area contributed by atoms with Gasteiger partial charge in [0.1, 0.15) is 12.5 Å². The normalized spacial score (nSPS) is 11.7. The zero-order chi connectivity index (χ0) is 33.1. The molecule has 4 heteroatoms. The van der Waals surface area contributed by atoms with Gasteiger partial charge < -0.3 is 0 Å². The Kier molecular flexibility index (Phi) is 6.99. The van der Waals surface area contributed by atoms with E-state index in [1.165, 1.54) is 53.9 Å². The second-order valence-corrected chi connectivity index (χ2v) is 14.8. The van der Waals surface area contributed by atoms with Crippen LogP contribution in [0.3, 0.4) is 0 Å². The molecule has 3 nitrogen and oxygen atoms in total. The van der Waals surface area contributed by atoms with Crippen molar-refractivity contribution in [3.8, 4) is 33.6 Å². The summed E-state index contributed by atoms with van der Waals surface area (Å²) in [5.41, 5.74) is 8.17. The fourth-order valence-corrected chi connectivity index (χ4v) is 8.07. The number of para-hydroxylation sites is 2. The van der Waals surface area contributed by atoms with Crippen molar-refractivity contribution in [3.63, 3.8) is 0 Å². The molecule has 1 heterocycles. The molecule has 0 N–H and O–H groups in total. The van der Waals surface area contributed by atoms with Crippen molar-refractivity contribution in [2.24, 2.45) is 0 Å². The molecular weight excluding hydrogens is 617 g/mol. The van der Waals surface area contributed by atoms with Crippen LogP contribution in [0.5, 0.6) is 0 Å². The maximum atomic E-state index is 14.2. The van der Waals surface area contributed by atoms with Crippen molar-refractivity contribution in [1.29, 1.82) is 0 Å². The molecule has 0 saturated heterocycles. The molecule has 234 valence electrons. The number of fused-ring (bicyclic) bond motifs is 4.